The molecule has 9 heteroatoms. The van der Waals surface area contributed by atoms with E-state index in [1.165, 1.54) is 33.1 Å². The lowest BCUT2D eigenvalue weighted by Crippen LogP contribution is -2.22. The molecule has 0 radical (unpaired) electrons. The van der Waals surface area contributed by atoms with Crippen LogP contribution in [-0.2, 0) is 33.6 Å². The minimum atomic E-state index is -3.23. The highest BCUT2D eigenvalue weighted by Gasteiger charge is 2.21. The summed E-state index contributed by atoms with van der Waals surface area (Å²) >= 11 is 0. The molecule has 0 aliphatic heterocycles. The molecule has 0 heterocycles. The van der Waals surface area contributed by atoms with Gasteiger partial charge in [-0.15, -0.1) is 0 Å². The predicted molar refractivity (Wildman–Crippen MR) is 134 cm³/mol. The Morgan fingerprint density at radius 2 is 1.06 bits per heavy atom. The van der Waals surface area contributed by atoms with Crippen LogP contribution in [0.3, 0.4) is 0 Å². The Balaban J connectivity index is 3.52. The molecule has 0 aromatic heterocycles. The van der Waals surface area contributed by atoms with Gasteiger partial charge < -0.3 is 28.9 Å². The minimum Gasteiger partial charge on any atom is -0.394 e. The van der Waals surface area contributed by atoms with Crippen LogP contribution in [0.1, 0.15) is 84.5 Å². The van der Waals surface area contributed by atoms with E-state index in [0.717, 1.165) is 38.7 Å². The highest BCUT2D eigenvalue weighted by molar-refractivity contribution is 7.91. The first-order valence-electron chi connectivity index (χ1n) is 12.8. The molecule has 0 aromatic carbocycles. The topological polar surface area (TPSA) is 116 Å². The molecule has 8 nitrogen and oxygen atoms in total. The first-order chi connectivity index (χ1) is 16.3. The third kappa shape index (κ3) is 24.3. The summed E-state index contributed by atoms with van der Waals surface area (Å²) in [4.78, 5) is 22.7. The molecule has 0 aliphatic carbocycles. The van der Waals surface area contributed by atoms with Crippen molar-refractivity contribution >= 4 is 21.4 Å². The van der Waals surface area contributed by atoms with Gasteiger partial charge in [-0.2, -0.15) is 0 Å². The molecule has 0 bridgehead atoms. The van der Waals surface area contributed by atoms with Crippen molar-refractivity contribution in [3.63, 3.8) is 0 Å². The second-order valence-electron chi connectivity index (χ2n) is 9.04. The van der Waals surface area contributed by atoms with E-state index in [1.54, 1.807) is 0 Å². The molecular weight excluding hydrogens is 460 g/mol. The van der Waals surface area contributed by atoms with Crippen LogP contribution in [0.2, 0.25) is 0 Å². The van der Waals surface area contributed by atoms with Crippen LogP contribution >= 0.6 is 0 Å². The van der Waals surface area contributed by atoms with Crippen molar-refractivity contribution in [1.82, 2.24) is 0 Å². The number of ketones is 2. The standard InChI is InChI=1S/C25H48O8S/c1-23(27)20-25(21-24(2)28)22-34(29,30)19-11-9-7-5-3-4-6-8-10-13-31-15-17-33-18-16-32-14-12-26/h25-26H,3-22H2,1-2H3. The van der Waals surface area contributed by atoms with Crippen molar-refractivity contribution < 1.29 is 37.3 Å². The van der Waals surface area contributed by atoms with E-state index in [4.69, 9.17) is 19.3 Å². The van der Waals surface area contributed by atoms with Gasteiger partial charge in [0.2, 0.25) is 0 Å². The molecule has 0 amide bonds. The van der Waals surface area contributed by atoms with Crippen LogP contribution in [0.5, 0.6) is 0 Å². The van der Waals surface area contributed by atoms with Gasteiger partial charge in [0, 0.05) is 19.4 Å². The first-order valence-corrected chi connectivity index (χ1v) is 14.6. The minimum absolute atomic E-state index is 0.0332. The first kappa shape index (κ1) is 33.1. The van der Waals surface area contributed by atoms with E-state index in [1.807, 2.05) is 0 Å². The average Bonchev–Trinajstić information content (AvgIpc) is 2.74. The lowest BCUT2D eigenvalue weighted by atomic mass is 9.99. The number of hydrogen-bond donors (Lipinski definition) is 1. The number of rotatable bonds is 26. The summed E-state index contributed by atoms with van der Waals surface area (Å²) in [5.74, 6) is -0.458. The van der Waals surface area contributed by atoms with Crippen LogP contribution in [-0.4, -0.2) is 82.8 Å². The quantitative estimate of drug-likeness (QED) is 0.176. The van der Waals surface area contributed by atoms with Gasteiger partial charge in [0.05, 0.1) is 51.1 Å². The SMILES string of the molecule is CC(=O)CC(CC(C)=O)CS(=O)(=O)CCCCCCCCCCCOCCOCCOCCO. The summed E-state index contributed by atoms with van der Waals surface area (Å²) in [6, 6.07) is 0. The Labute approximate surface area is 207 Å². The number of Topliss-reactive ketones (excluding diaryl/α,β-unsaturated/α-hetero) is 2. The fraction of sp³-hybridized carbons (Fsp3) is 0.920. The zero-order chi connectivity index (χ0) is 25.5. The second-order valence-corrected chi connectivity index (χ2v) is 11.3. The summed E-state index contributed by atoms with van der Waals surface area (Å²) in [5.41, 5.74) is 0. The van der Waals surface area contributed by atoms with E-state index in [-0.39, 0.29) is 48.4 Å². The van der Waals surface area contributed by atoms with Crippen molar-refractivity contribution in [2.24, 2.45) is 5.92 Å². The molecule has 0 rings (SSSR count). The van der Waals surface area contributed by atoms with Gasteiger partial charge in [0.25, 0.3) is 0 Å². The number of hydrogen-bond acceptors (Lipinski definition) is 8. The number of ether oxygens (including phenoxy) is 3. The Kier molecular flexibility index (Phi) is 22.0. The van der Waals surface area contributed by atoms with Crippen molar-refractivity contribution in [2.75, 3.05) is 57.8 Å². The number of aliphatic hydroxyl groups is 1. The largest absolute Gasteiger partial charge is 0.394 e. The molecule has 202 valence electrons. The number of carbonyl (C=O) groups is 2. The Morgan fingerprint density at radius 3 is 1.53 bits per heavy atom. The second kappa shape index (κ2) is 22.6. The zero-order valence-corrected chi connectivity index (χ0v) is 22.2. The number of unbranched alkanes of at least 4 members (excludes halogenated alkanes) is 8. The molecule has 1 N–H and O–H groups in total. The summed E-state index contributed by atoms with van der Waals surface area (Å²) in [6.45, 7) is 6.15. The van der Waals surface area contributed by atoms with Crippen LogP contribution in [0.25, 0.3) is 0 Å². The van der Waals surface area contributed by atoms with Crippen molar-refractivity contribution in [2.45, 2.75) is 84.5 Å². The van der Waals surface area contributed by atoms with Crippen molar-refractivity contribution in [3.8, 4) is 0 Å². The number of aliphatic hydroxyl groups excluding tert-OH is 1. The highest BCUT2D eigenvalue weighted by atomic mass is 32.2. The maximum Gasteiger partial charge on any atom is 0.150 e. The van der Waals surface area contributed by atoms with E-state index in [9.17, 15) is 18.0 Å². The van der Waals surface area contributed by atoms with E-state index >= 15 is 0 Å². The van der Waals surface area contributed by atoms with Gasteiger partial charge in [0.1, 0.15) is 11.6 Å². The summed E-state index contributed by atoms with van der Waals surface area (Å²) in [7, 11) is -3.23. The van der Waals surface area contributed by atoms with Crippen LogP contribution < -0.4 is 0 Å². The van der Waals surface area contributed by atoms with Crippen molar-refractivity contribution in [3.05, 3.63) is 0 Å². The number of sulfone groups is 1. The van der Waals surface area contributed by atoms with E-state index in [0.29, 0.717) is 39.5 Å². The monoisotopic (exact) mass is 508 g/mol. The normalized spacial score (nSPS) is 11.9. The van der Waals surface area contributed by atoms with Gasteiger partial charge in [-0.3, -0.25) is 0 Å². The van der Waals surface area contributed by atoms with Gasteiger partial charge in [0.15, 0.2) is 9.84 Å². The van der Waals surface area contributed by atoms with Gasteiger partial charge in [-0.1, -0.05) is 44.9 Å². The summed E-state index contributed by atoms with van der Waals surface area (Å²) in [5, 5.41) is 8.57. The third-order valence-corrected chi connectivity index (χ3v) is 7.26. The summed E-state index contributed by atoms with van der Waals surface area (Å²) < 4.78 is 40.6. The van der Waals surface area contributed by atoms with Crippen LogP contribution in [0.15, 0.2) is 0 Å². The maximum absolute atomic E-state index is 12.3. The van der Waals surface area contributed by atoms with Crippen LogP contribution in [0, 0.1) is 5.92 Å². The van der Waals surface area contributed by atoms with Crippen LogP contribution in [0.4, 0.5) is 0 Å². The predicted octanol–water partition coefficient (Wildman–Crippen LogP) is 3.53. The lowest BCUT2D eigenvalue weighted by Gasteiger charge is -2.14. The zero-order valence-electron chi connectivity index (χ0n) is 21.4. The molecule has 0 aromatic rings. The Hall–Kier alpha value is -0.870. The smallest absolute Gasteiger partial charge is 0.150 e. The fourth-order valence-electron chi connectivity index (χ4n) is 3.82. The molecule has 0 saturated heterocycles. The molecular formula is C25H48O8S. The number of carbonyl (C=O) groups excluding carboxylic acids is 2. The average molecular weight is 509 g/mol. The van der Waals surface area contributed by atoms with E-state index in [2.05, 4.69) is 0 Å². The molecule has 0 saturated carbocycles. The van der Waals surface area contributed by atoms with Gasteiger partial charge in [-0.05, 0) is 32.6 Å². The molecule has 34 heavy (non-hydrogen) atoms. The Morgan fingerprint density at radius 1 is 0.647 bits per heavy atom. The van der Waals surface area contributed by atoms with Gasteiger partial charge in [-0.25, -0.2) is 8.42 Å². The lowest BCUT2D eigenvalue weighted by molar-refractivity contribution is -0.119. The van der Waals surface area contributed by atoms with E-state index < -0.39 is 9.84 Å². The molecule has 0 atom stereocenters. The molecule has 0 unspecified atom stereocenters. The Bertz CT molecular complexity index is 590. The van der Waals surface area contributed by atoms with Gasteiger partial charge >= 0.3 is 0 Å². The molecule has 0 spiro atoms. The van der Waals surface area contributed by atoms with Crippen molar-refractivity contribution in [1.29, 1.82) is 0 Å². The molecule has 0 aliphatic rings. The summed E-state index contributed by atoms with van der Waals surface area (Å²) in [6.07, 6.45) is 9.74. The molecule has 0 fully saturated rings. The maximum atomic E-state index is 12.3. The highest BCUT2D eigenvalue weighted by Crippen LogP contribution is 2.16. The fourth-order valence-corrected chi connectivity index (χ4v) is 5.58. The third-order valence-electron chi connectivity index (χ3n) is 5.37.